The van der Waals surface area contributed by atoms with Crippen molar-refractivity contribution in [1.82, 2.24) is 10.4 Å². The SMILES string of the molecule is Cc1ccc(/C=N/NC(=O)Nc2cc3c(Nc4ccc(N5CCOCC5)cc4)ccnc3cc2OCC2CC2)o1. The summed E-state index contributed by atoms with van der Waals surface area (Å²) >= 11 is 0. The molecule has 3 N–H and O–H groups in total. The molecule has 2 amide bonds. The van der Waals surface area contributed by atoms with Gasteiger partial charge in [-0.15, -0.1) is 0 Å². The lowest BCUT2D eigenvalue weighted by molar-refractivity contribution is 0.122. The second-order valence-electron chi connectivity index (χ2n) is 10.0. The standard InChI is InChI=1S/C30H32N6O4/c1-20-2-9-24(40-20)18-32-35-30(37)34-28-16-25-26(10-11-31-27(25)17-29(28)39-19-21-3-4-21)33-22-5-7-23(8-6-22)36-12-14-38-15-13-36/h2,5-11,16-18,21H,3-4,12-15,19H2,1H3,(H,31,33)(H2,34,35,37)/b32-18+. The van der Waals surface area contributed by atoms with Gasteiger partial charge in [0.05, 0.1) is 37.2 Å². The molecule has 2 fully saturated rings. The number of rotatable bonds is 9. The van der Waals surface area contributed by atoms with E-state index in [2.05, 4.69) is 55.3 Å². The second-order valence-corrected chi connectivity index (χ2v) is 10.0. The number of nitrogens with zero attached hydrogens (tertiary/aromatic N) is 3. The average Bonchev–Trinajstić information content (AvgIpc) is 3.72. The quantitative estimate of drug-likeness (QED) is 0.185. The molecule has 0 unspecified atom stereocenters. The molecule has 10 heteroatoms. The van der Waals surface area contributed by atoms with E-state index in [1.807, 2.05) is 31.2 Å². The van der Waals surface area contributed by atoms with E-state index >= 15 is 0 Å². The first-order valence-corrected chi connectivity index (χ1v) is 13.5. The Labute approximate surface area is 232 Å². The molecular formula is C30H32N6O4. The Bertz CT molecular complexity index is 1510. The normalized spacial score (nSPS) is 15.4. The predicted molar refractivity (Wildman–Crippen MR) is 156 cm³/mol. The maximum absolute atomic E-state index is 12.7. The van der Waals surface area contributed by atoms with Gasteiger partial charge in [-0.1, -0.05) is 0 Å². The number of carbonyl (C=O) groups excluding carboxylic acids is 1. The van der Waals surface area contributed by atoms with Crippen molar-refractivity contribution in [2.45, 2.75) is 19.8 Å². The van der Waals surface area contributed by atoms with Crippen LogP contribution in [0, 0.1) is 12.8 Å². The largest absolute Gasteiger partial charge is 0.491 e. The lowest BCUT2D eigenvalue weighted by Crippen LogP contribution is -2.36. The number of aromatic nitrogens is 1. The number of fused-ring (bicyclic) bond motifs is 1. The molecule has 2 aromatic carbocycles. The van der Waals surface area contributed by atoms with E-state index in [4.69, 9.17) is 13.9 Å². The van der Waals surface area contributed by atoms with Gasteiger partial charge >= 0.3 is 6.03 Å². The fourth-order valence-corrected chi connectivity index (χ4v) is 4.55. The van der Waals surface area contributed by atoms with Gasteiger partial charge in [0.1, 0.15) is 17.3 Å². The van der Waals surface area contributed by atoms with Crippen LogP contribution < -0.4 is 25.7 Å². The van der Waals surface area contributed by atoms with Gasteiger partial charge < -0.3 is 29.4 Å². The van der Waals surface area contributed by atoms with Gasteiger partial charge in [0.2, 0.25) is 0 Å². The summed E-state index contributed by atoms with van der Waals surface area (Å²) in [5.74, 6) is 2.45. The Morgan fingerprint density at radius 2 is 1.93 bits per heavy atom. The average molecular weight is 541 g/mol. The summed E-state index contributed by atoms with van der Waals surface area (Å²) in [5.41, 5.74) is 6.78. The van der Waals surface area contributed by atoms with Crippen LogP contribution in [0.2, 0.25) is 0 Å². The summed E-state index contributed by atoms with van der Waals surface area (Å²) in [6, 6.07) is 17.1. The molecule has 0 bridgehead atoms. The molecule has 0 radical (unpaired) electrons. The number of hydrazone groups is 1. The maximum Gasteiger partial charge on any atom is 0.339 e. The van der Waals surface area contributed by atoms with Gasteiger partial charge in [-0.05, 0) is 74.2 Å². The molecule has 6 rings (SSSR count). The Kier molecular flexibility index (Phi) is 7.49. The van der Waals surface area contributed by atoms with Crippen LogP contribution in [0.1, 0.15) is 24.4 Å². The van der Waals surface area contributed by atoms with Gasteiger partial charge in [-0.25, -0.2) is 10.2 Å². The first-order chi connectivity index (χ1) is 19.6. The summed E-state index contributed by atoms with van der Waals surface area (Å²) in [4.78, 5) is 19.6. The highest BCUT2D eigenvalue weighted by Crippen LogP contribution is 2.36. The molecule has 2 aromatic heterocycles. The van der Waals surface area contributed by atoms with Crippen LogP contribution in [-0.4, -0.2) is 50.1 Å². The summed E-state index contributed by atoms with van der Waals surface area (Å²) < 4.78 is 17.0. The minimum Gasteiger partial charge on any atom is -0.491 e. The number of urea groups is 1. The fourth-order valence-electron chi connectivity index (χ4n) is 4.55. The van der Waals surface area contributed by atoms with E-state index in [1.165, 1.54) is 11.9 Å². The van der Waals surface area contributed by atoms with E-state index in [0.29, 0.717) is 29.7 Å². The van der Waals surface area contributed by atoms with Gasteiger partial charge in [-0.2, -0.15) is 5.10 Å². The predicted octanol–water partition coefficient (Wildman–Crippen LogP) is 5.66. The molecular weight excluding hydrogens is 508 g/mol. The molecule has 1 aliphatic carbocycles. The number of nitrogens with one attached hydrogen (secondary N) is 3. The second kappa shape index (κ2) is 11.7. The number of pyridine rings is 1. The Morgan fingerprint density at radius 3 is 2.67 bits per heavy atom. The lowest BCUT2D eigenvalue weighted by Gasteiger charge is -2.29. The number of aryl methyl sites for hydroxylation is 1. The van der Waals surface area contributed by atoms with Crippen LogP contribution in [0.4, 0.5) is 27.5 Å². The fraction of sp³-hybridized carbons (Fsp3) is 0.300. The lowest BCUT2D eigenvalue weighted by atomic mass is 10.1. The first-order valence-electron chi connectivity index (χ1n) is 13.5. The summed E-state index contributed by atoms with van der Waals surface area (Å²) in [6.45, 7) is 5.73. The zero-order chi connectivity index (χ0) is 27.3. The van der Waals surface area contributed by atoms with Gasteiger partial charge in [0.15, 0.2) is 0 Å². The first kappa shape index (κ1) is 25.7. The Morgan fingerprint density at radius 1 is 1.10 bits per heavy atom. The van der Waals surface area contributed by atoms with E-state index < -0.39 is 6.03 Å². The van der Waals surface area contributed by atoms with Crippen LogP contribution in [0.15, 0.2) is 70.3 Å². The van der Waals surface area contributed by atoms with Crippen molar-refractivity contribution in [2.24, 2.45) is 11.0 Å². The summed E-state index contributed by atoms with van der Waals surface area (Å²) in [5, 5.41) is 11.2. The number of carbonyl (C=O) groups is 1. The van der Waals surface area contributed by atoms with Crippen LogP contribution in [0.3, 0.4) is 0 Å². The molecule has 4 aromatic rings. The van der Waals surface area contributed by atoms with Crippen molar-refractivity contribution in [3.05, 3.63) is 72.3 Å². The molecule has 3 heterocycles. The van der Waals surface area contributed by atoms with E-state index in [-0.39, 0.29) is 0 Å². The topological polar surface area (TPSA) is 113 Å². The molecule has 2 aliphatic rings. The third kappa shape index (κ3) is 6.35. The molecule has 1 saturated carbocycles. The third-order valence-corrected chi connectivity index (χ3v) is 6.90. The molecule has 1 aliphatic heterocycles. The van der Waals surface area contributed by atoms with Crippen molar-refractivity contribution >= 4 is 45.9 Å². The van der Waals surface area contributed by atoms with Crippen LogP contribution in [-0.2, 0) is 4.74 Å². The summed E-state index contributed by atoms with van der Waals surface area (Å²) in [7, 11) is 0. The molecule has 40 heavy (non-hydrogen) atoms. The number of hydrogen-bond donors (Lipinski definition) is 3. The van der Waals surface area contributed by atoms with Crippen molar-refractivity contribution < 1.29 is 18.7 Å². The molecule has 0 spiro atoms. The number of hydrogen-bond acceptors (Lipinski definition) is 8. The maximum atomic E-state index is 12.7. The number of benzene rings is 2. The Hall–Kier alpha value is -4.57. The van der Waals surface area contributed by atoms with Crippen LogP contribution >= 0.6 is 0 Å². The van der Waals surface area contributed by atoms with E-state index in [1.54, 1.807) is 12.3 Å². The molecule has 10 nitrogen and oxygen atoms in total. The van der Waals surface area contributed by atoms with Crippen LogP contribution in [0.25, 0.3) is 10.9 Å². The van der Waals surface area contributed by atoms with E-state index in [9.17, 15) is 4.79 Å². The van der Waals surface area contributed by atoms with Crippen molar-refractivity contribution in [3.8, 4) is 5.75 Å². The minimum absolute atomic E-state index is 0.493. The van der Waals surface area contributed by atoms with Crippen LogP contribution in [0.5, 0.6) is 5.75 Å². The highest BCUT2D eigenvalue weighted by atomic mass is 16.5. The van der Waals surface area contributed by atoms with Gasteiger partial charge in [0, 0.05) is 47.8 Å². The highest BCUT2D eigenvalue weighted by molar-refractivity contribution is 6.00. The Balaban J connectivity index is 1.22. The zero-order valence-corrected chi connectivity index (χ0v) is 22.4. The van der Waals surface area contributed by atoms with Crippen molar-refractivity contribution in [3.63, 3.8) is 0 Å². The smallest absolute Gasteiger partial charge is 0.339 e. The van der Waals surface area contributed by atoms with Crippen molar-refractivity contribution in [1.29, 1.82) is 0 Å². The van der Waals surface area contributed by atoms with Gasteiger partial charge in [-0.3, -0.25) is 4.98 Å². The monoisotopic (exact) mass is 540 g/mol. The van der Waals surface area contributed by atoms with Gasteiger partial charge in [0.25, 0.3) is 0 Å². The number of anilines is 4. The van der Waals surface area contributed by atoms with Crippen molar-refractivity contribution in [2.75, 3.05) is 48.4 Å². The summed E-state index contributed by atoms with van der Waals surface area (Å²) in [6.07, 6.45) is 5.54. The zero-order valence-electron chi connectivity index (χ0n) is 22.4. The number of furan rings is 1. The van der Waals surface area contributed by atoms with E-state index in [0.717, 1.165) is 67.2 Å². The number of morpholine rings is 1. The minimum atomic E-state index is -0.493. The molecule has 206 valence electrons. The number of amides is 2. The molecule has 1 saturated heterocycles. The third-order valence-electron chi connectivity index (χ3n) is 6.90. The molecule has 0 atom stereocenters. The number of ether oxygens (including phenoxy) is 2. The highest BCUT2D eigenvalue weighted by Gasteiger charge is 2.23.